The average Bonchev–Trinajstić information content (AvgIpc) is 3.23. The highest BCUT2D eigenvalue weighted by Gasteiger charge is 2.42. The molecule has 3 heterocycles. The van der Waals surface area contributed by atoms with Gasteiger partial charge in [-0.1, -0.05) is 0 Å². The minimum atomic E-state index is -0.160. The second-order valence-electron chi connectivity index (χ2n) is 7.14. The van der Waals surface area contributed by atoms with Crippen molar-refractivity contribution in [3.63, 3.8) is 0 Å². The second-order valence-corrected chi connectivity index (χ2v) is 7.14. The van der Waals surface area contributed by atoms with E-state index in [0.29, 0.717) is 12.0 Å². The molecule has 0 aromatic carbocycles. The van der Waals surface area contributed by atoms with Crippen LogP contribution in [0.2, 0.25) is 0 Å². The molecule has 0 amide bonds. The maximum absolute atomic E-state index is 5.81. The third-order valence-corrected chi connectivity index (χ3v) is 5.61. The lowest BCUT2D eigenvalue weighted by molar-refractivity contribution is -0.0829. The van der Waals surface area contributed by atoms with Crippen LogP contribution in [-0.2, 0) is 14.2 Å². The van der Waals surface area contributed by atoms with Crippen LogP contribution in [0.3, 0.4) is 0 Å². The maximum atomic E-state index is 5.81. The molecule has 0 saturated carbocycles. The van der Waals surface area contributed by atoms with Crippen molar-refractivity contribution in [2.45, 2.75) is 38.2 Å². The summed E-state index contributed by atoms with van der Waals surface area (Å²) in [7, 11) is 1.80. The van der Waals surface area contributed by atoms with Crippen molar-refractivity contribution in [3.8, 4) is 0 Å². The van der Waals surface area contributed by atoms with Gasteiger partial charge in [0.15, 0.2) is 5.96 Å². The molecule has 3 aliphatic heterocycles. The van der Waals surface area contributed by atoms with Crippen LogP contribution in [0.4, 0.5) is 0 Å². The van der Waals surface area contributed by atoms with E-state index in [1.54, 1.807) is 7.11 Å². The van der Waals surface area contributed by atoms with Crippen LogP contribution in [0.1, 0.15) is 32.6 Å². The van der Waals surface area contributed by atoms with Gasteiger partial charge in [0, 0.05) is 64.8 Å². The molecule has 3 saturated heterocycles. The van der Waals surface area contributed by atoms with Gasteiger partial charge in [-0.25, -0.2) is 0 Å². The Kier molecular flexibility index (Phi) is 5.44. The standard InChI is InChI=1S/C17H31N3O3/c1-3-18-15(19-12-17(21-2)6-10-22-11-7-17)20-8-4-16(13-20)5-9-23-14-16/h3-14H2,1-2H3,(H,18,19). The van der Waals surface area contributed by atoms with Crippen molar-refractivity contribution in [2.75, 3.05) is 59.7 Å². The molecule has 1 atom stereocenters. The molecule has 0 aliphatic carbocycles. The first-order valence-electron chi connectivity index (χ1n) is 8.95. The first-order chi connectivity index (χ1) is 11.2. The predicted octanol–water partition coefficient (Wildman–Crippen LogP) is 1.26. The summed E-state index contributed by atoms with van der Waals surface area (Å²) in [5.74, 6) is 1.03. The summed E-state index contributed by atoms with van der Waals surface area (Å²) in [6.45, 7) is 9.20. The number of likely N-dealkylation sites (tertiary alicyclic amines) is 1. The number of hydrogen-bond acceptors (Lipinski definition) is 4. The van der Waals surface area contributed by atoms with E-state index in [4.69, 9.17) is 19.2 Å². The Morgan fingerprint density at radius 1 is 1.17 bits per heavy atom. The smallest absolute Gasteiger partial charge is 0.194 e. The maximum Gasteiger partial charge on any atom is 0.194 e. The fourth-order valence-electron chi connectivity index (χ4n) is 3.90. The summed E-state index contributed by atoms with van der Waals surface area (Å²) >= 11 is 0. The molecular weight excluding hydrogens is 294 g/mol. The van der Waals surface area contributed by atoms with Crippen molar-refractivity contribution in [1.82, 2.24) is 10.2 Å². The normalized spacial score (nSPS) is 31.0. The molecule has 0 bridgehead atoms. The third kappa shape index (κ3) is 3.80. The molecule has 23 heavy (non-hydrogen) atoms. The Bertz CT molecular complexity index is 415. The molecule has 0 aromatic heterocycles. The zero-order valence-electron chi connectivity index (χ0n) is 14.6. The van der Waals surface area contributed by atoms with Gasteiger partial charge in [-0.2, -0.15) is 0 Å². The lowest BCUT2D eigenvalue weighted by Crippen LogP contribution is -2.45. The van der Waals surface area contributed by atoms with Gasteiger partial charge in [-0.05, 0) is 19.8 Å². The predicted molar refractivity (Wildman–Crippen MR) is 89.8 cm³/mol. The van der Waals surface area contributed by atoms with Gasteiger partial charge >= 0.3 is 0 Å². The minimum Gasteiger partial charge on any atom is -0.381 e. The van der Waals surface area contributed by atoms with Crippen molar-refractivity contribution < 1.29 is 14.2 Å². The number of aliphatic imine (C=N–C) groups is 1. The Hall–Kier alpha value is -0.850. The Morgan fingerprint density at radius 2 is 1.96 bits per heavy atom. The lowest BCUT2D eigenvalue weighted by atomic mass is 9.87. The molecule has 3 aliphatic rings. The van der Waals surface area contributed by atoms with Crippen LogP contribution in [0.15, 0.2) is 4.99 Å². The molecule has 1 unspecified atom stereocenters. The van der Waals surface area contributed by atoms with Gasteiger partial charge in [0.2, 0.25) is 0 Å². The van der Waals surface area contributed by atoms with E-state index in [9.17, 15) is 0 Å². The quantitative estimate of drug-likeness (QED) is 0.623. The Morgan fingerprint density at radius 3 is 2.61 bits per heavy atom. The van der Waals surface area contributed by atoms with E-state index in [0.717, 1.165) is 64.9 Å². The highest BCUT2D eigenvalue weighted by molar-refractivity contribution is 5.80. The van der Waals surface area contributed by atoms with Crippen LogP contribution in [0, 0.1) is 5.41 Å². The molecular formula is C17H31N3O3. The topological polar surface area (TPSA) is 55.3 Å². The molecule has 6 heteroatoms. The summed E-state index contributed by atoms with van der Waals surface area (Å²) in [4.78, 5) is 7.33. The van der Waals surface area contributed by atoms with Gasteiger partial charge < -0.3 is 24.4 Å². The van der Waals surface area contributed by atoms with E-state index in [2.05, 4.69) is 17.1 Å². The largest absolute Gasteiger partial charge is 0.381 e. The van der Waals surface area contributed by atoms with Gasteiger partial charge in [0.05, 0.1) is 18.8 Å². The number of methoxy groups -OCH3 is 1. The lowest BCUT2D eigenvalue weighted by Gasteiger charge is -2.35. The van der Waals surface area contributed by atoms with Crippen LogP contribution in [0.25, 0.3) is 0 Å². The molecule has 0 radical (unpaired) electrons. The SMILES string of the molecule is CCNC(=NCC1(OC)CCOCC1)N1CCC2(CCOC2)C1. The Labute approximate surface area is 139 Å². The highest BCUT2D eigenvalue weighted by Crippen LogP contribution is 2.38. The molecule has 1 N–H and O–H groups in total. The third-order valence-electron chi connectivity index (χ3n) is 5.61. The second kappa shape index (κ2) is 7.36. The van der Waals surface area contributed by atoms with Gasteiger partial charge in [0.25, 0.3) is 0 Å². The fraction of sp³-hybridized carbons (Fsp3) is 0.941. The number of hydrogen-bond donors (Lipinski definition) is 1. The molecule has 1 spiro atoms. The van der Waals surface area contributed by atoms with Gasteiger partial charge in [0.1, 0.15) is 0 Å². The summed E-state index contributed by atoms with van der Waals surface area (Å²) in [5, 5.41) is 3.46. The zero-order chi connectivity index (χ0) is 16.2. The number of guanidine groups is 1. The van der Waals surface area contributed by atoms with Crippen molar-refractivity contribution in [1.29, 1.82) is 0 Å². The van der Waals surface area contributed by atoms with Crippen LogP contribution in [-0.4, -0.2) is 76.2 Å². The van der Waals surface area contributed by atoms with Crippen molar-refractivity contribution in [3.05, 3.63) is 0 Å². The first-order valence-corrected chi connectivity index (χ1v) is 8.95. The van der Waals surface area contributed by atoms with Crippen LogP contribution in [0.5, 0.6) is 0 Å². The molecule has 6 nitrogen and oxygen atoms in total. The average molecular weight is 325 g/mol. The van der Waals surface area contributed by atoms with Crippen molar-refractivity contribution >= 4 is 5.96 Å². The molecule has 0 aromatic rings. The number of nitrogens with one attached hydrogen (secondary N) is 1. The summed E-state index contributed by atoms with van der Waals surface area (Å²) in [5.41, 5.74) is 0.195. The summed E-state index contributed by atoms with van der Waals surface area (Å²) in [6.07, 6.45) is 4.23. The fourth-order valence-corrected chi connectivity index (χ4v) is 3.90. The minimum absolute atomic E-state index is 0.160. The van der Waals surface area contributed by atoms with E-state index in [1.807, 2.05) is 0 Å². The molecule has 3 rings (SSSR count). The summed E-state index contributed by atoms with van der Waals surface area (Å²) < 4.78 is 16.9. The van der Waals surface area contributed by atoms with E-state index < -0.39 is 0 Å². The van der Waals surface area contributed by atoms with Crippen LogP contribution < -0.4 is 5.32 Å². The van der Waals surface area contributed by atoms with Crippen molar-refractivity contribution in [2.24, 2.45) is 10.4 Å². The molecule has 3 fully saturated rings. The van der Waals surface area contributed by atoms with Crippen LogP contribution >= 0.6 is 0 Å². The number of ether oxygens (including phenoxy) is 3. The van der Waals surface area contributed by atoms with Gasteiger partial charge in [-0.3, -0.25) is 4.99 Å². The van der Waals surface area contributed by atoms with E-state index in [-0.39, 0.29) is 5.60 Å². The van der Waals surface area contributed by atoms with E-state index >= 15 is 0 Å². The van der Waals surface area contributed by atoms with E-state index in [1.165, 1.54) is 12.8 Å². The highest BCUT2D eigenvalue weighted by atomic mass is 16.5. The van der Waals surface area contributed by atoms with Gasteiger partial charge in [-0.15, -0.1) is 0 Å². The first kappa shape index (κ1) is 17.0. The monoisotopic (exact) mass is 325 g/mol. The number of nitrogens with zero attached hydrogens (tertiary/aromatic N) is 2. The summed E-state index contributed by atoms with van der Waals surface area (Å²) in [6, 6.07) is 0. The molecule has 132 valence electrons. The zero-order valence-corrected chi connectivity index (χ0v) is 14.6. The Balaban J connectivity index is 1.65. The number of rotatable bonds is 4.